The zero-order chi connectivity index (χ0) is 14.4. The second-order valence-corrected chi connectivity index (χ2v) is 4.98. The molecule has 0 radical (unpaired) electrons. The van der Waals surface area contributed by atoms with Crippen LogP contribution in [0, 0.1) is 12.8 Å². The van der Waals surface area contributed by atoms with Crippen LogP contribution in [0.1, 0.15) is 25.8 Å². The minimum Gasteiger partial charge on any atom is -0.397 e. The van der Waals surface area contributed by atoms with Crippen LogP contribution in [0.2, 0.25) is 0 Å². The Morgan fingerprint density at radius 2 is 1.95 bits per heavy atom. The highest BCUT2D eigenvalue weighted by molar-refractivity contribution is 6.39. The quantitative estimate of drug-likeness (QED) is 0.571. The summed E-state index contributed by atoms with van der Waals surface area (Å²) in [6.45, 7) is 6.49. The summed E-state index contributed by atoms with van der Waals surface area (Å²) >= 11 is 0. The number of amides is 2. The van der Waals surface area contributed by atoms with E-state index in [1.54, 1.807) is 12.1 Å². The van der Waals surface area contributed by atoms with Crippen LogP contribution in [0.15, 0.2) is 18.2 Å². The molecule has 0 saturated heterocycles. The van der Waals surface area contributed by atoms with E-state index in [2.05, 4.69) is 24.5 Å². The number of rotatable bonds is 4. The lowest BCUT2D eigenvalue weighted by molar-refractivity contribution is -0.136. The van der Waals surface area contributed by atoms with Gasteiger partial charge in [-0.25, -0.2) is 0 Å². The van der Waals surface area contributed by atoms with Gasteiger partial charge in [0.05, 0.1) is 11.4 Å². The van der Waals surface area contributed by atoms with Gasteiger partial charge in [0.2, 0.25) is 0 Å². The van der Waals surface area contributed by atoms with Crippen LogP contribution in [0.5, 0.6) is 0 Å². The van der Waals surface area contributed by atoms with Gasteiger partial charge in [-0.2, -0.15) is 0 Å². The Labute approximate surface area is 113 Å². The Hall–Kier alpha value is -2.04. The third kappa shape index (κ3) is 4.99. The maximum absolute atomic E-state index is 11.7. The molecule has 4 N–H and O–H groups in total. The van der Waals surface area contributed by atoms with Gasteiger partial charge in [0, 0.05) is 6.54 Å². The molecule has 5 nitrogen and oxygen atoms in total. The lowest BCUT2D eigenvalue weighted by Gasteiger charge is -2.10. The summed E-state index contributed by atoms with van der Waals surface area (Å²) in [6, 6.07) is 5.27. The van der Waals surface area contributed by atoms with Crippen molar-refractivity contribution in [2.24, 2.45) is 5.92 Å². The van der Waals surface area contributed by atoms with Crippen LogP contribution in [0.4, 0.5) is 11.4 Å². The third-order valence-electron chi connectivity index (χ3n) is 2.67. The Bertz CT molecular complexity index is 470. The van der Waals surface area contributed by atoms with Crippen LogP contribution in [-0.4, -0.2) is 18.4 Å². The molecule has 0 unspecified atom stereocenters. The first-order valence-corrected chi connectivity index (χ1v) is 6.35. The summed E-state index contributed by atoms with van der Waals surface area (Å²) in [5.41, 5.74) is 7.59. The fourth-order valence-electron chi connectivity index (χ4n) is 1.51. The molecule has 0 atom stereocenters. The predicted octanol–water partition coefficient (Wildman–Crippen LogP) is 1.68. The van der Waals surface area contributed by atoms with Crippen LogP contribution in [0.3, 0.4) is 0 Å². The summed E-state index contributed by atoms with van der Waals surface area (Å²) in [5.74, 6) is -0.849. The lowest BCUT2D eigenvalue weighted by atomic mass is 10.1. The van der Waals surface area contributed by atoms with Gasteiger partial charge in [-0.3, -0.25) is 9.59 Å². The molecular formula is C14H21N3O2. The highest BCUT2D eigenvalue weighted by Gasteiger charge is 2.14. The number of anilines is 2. The molecule has 0 fully saturated rings. The lowest BCUT2D eigenvalue weighted by Crippen LogP contribution is -2.36. The van der Waals surface area contributed by atoms with E-state index < -0.39 is 11.8 Å². The Balaban J connectivity index is 2.54. The first-order valence-electron chi connectivity index (χ1n) is 6.35. The molecule has 104 valence electrons. The topological polar surface area (TPSA) is 84.2 Å². The molecule has 19 heavy (non-hydrogen) atoms. The van der Waals surface area contributed by atoms with E-state index in [4.69, 9.17) is 5.73 Å². The molecule has 0 heterocycles. The van der Waals surface area contributed by atoms with Crippen LogP contribution in [0.25, 0.3) is 0 Å². The molecule has 0 bridgehead atoms. The van der Waals surface area contributed by atoms with E-state index in [1.807, 2.05) is 13.0 Å². The highest BCUT2D eigenvalue weighted by Crippen LogP contribution is 2.19. The SMILES string of the molecule is Cc1ccc(N)c(NC(=O)C(=O)NCCC(C)C)c1. The van der Waals surface area contributed by atoms with Gasteiger partial charge in [0.1, 0.15) is 0 Å². The predicted molar refractivity (Wildman–Crippen MR) is 76.7 cm³/mol. The van der Waals surface area contributed by atoms with Gasteiger partial charge >= 0.3 is 11.8 Å². The van der Waals surface area contributed by atoms with Crippen molar-refractivity contribution in [3.05, 3.63) is 23.8 Å². The monoisotopic (exact) mass is 263 g/mol. The van der Waals surface area contributed by atoms with Crippen molar-refractivity contribution in [2.75, 3.05) is 17.6 Å². The highest BCUT2D eigenvalue weighted by atomic mass is 16.2. The molecule has 0 aromatic heterocycles. The van der Waals surface area contributed by atoms with Gasteiger partial charge in [-0.05, 0) is 37.0 Å². The van der Waals surface area contributed by atoms with Crippen LogP contribution >= 0.6 is 0 Å². The summed E-state index contributed by atoms with van der Waals surface area (Å²) in [5, 5.41) is 5.09. The fraction of sp³-hybridized carbons (Fsp3) is 0.429. The summed E-state index contributed by atoms with van der Waals surface area (Å²) in [6.07, 6.45) is 0.839. The van der Waals surface area contributed by atoms with Crippen molar-refractivity contribution in [1.29, 1.82) is 0 Å². The summed E-state index contributed by atoms with van der Waals surface area (Å²) in [4.78, 5) is 23.2. The Morgan fingerprint density at radius 3 is 2.58 bits per heavy atom. The molecule has 2 amide bonds. The van der Waals surface area contributed by atoms with E-state index in [1.165, 1.54) is 0 Å². The maximum Gasteiger partial charge on any atom is 0.313 e. The van der Waals surface area contributed by atoms with Gasteiger partial charge < -0.3 is 16.4 Å². The maximum atomic E-state index is 11.7. The minimum absolute atomic E-state index is 0.439. The minimum atomic E-state index is -0.693. The van der Waals surface area contributed by atoms with Crippen molar-refractivity contribution >= 4 is 23.2 Å². The van der Waals surface area contributed by atoms with Crippen molar-refractivity contribution < 1.29 is 9.59 Å². The first-order chi connectivity index (χ1) is 8.90. The Morgan fingerprint density at radius 1 is 1.26 bits per heavy atom. The van der Waals surface area contributed by atoms with E-state index in [0.717, 1.165) is 12.0 Å². The van der Waals surface area contributed by atoms with Gasteiger partial charge in [-0.1, -0.05) is 19.9 Å². The molecule has 1 rings (SSSR count). The van der Waals surface area contributed by atoms with Crippen molar-refractivity contribution in [3.8, 4) is 0 Å². The van der Waals surface area contributed by atoms with Crippen molar-refractivity contribution in [3.63, 3.8) is 0 Å². The van der Waals surface area contributed by atoms with Crippen LogP contribution in [-0.2, 0) is 9.59 Å². The number of nitrogens with one attached hydrogen (secondary N) is 2. The molecule has 0 aliphatic carbocycles. The molecular weight excluding hydrogens is 242 g/mol. The number of carbonyl (C=O) groups is 2. The molecule has 0 spiro atoms. The van der Waals surface area contributed by atoms with Crippen molar-refractivity contribution in [2.45, 2.75) is 27.2 Å². The van der Waals surface area contributed by atoms with Gasteiger partial charge in [-0.15, -0.1) is 0 Å². The second kappa shape index (κ2) is 6.78. The molecule has 1 aromatic carbocycles. The Kier molecular flexibility index (Phi) is 5.36. The normalized spacial score (nSPS) is 10.3. The third-order valence-corrected chi connectivity index (χ3v) is 2.67. The number of nitrogen functional groups attached to an aromatic ring is 1. The summed E-state index contributed by atoms with van der Waals surface area (Å²) in [7, 11) is 0. The molecule has 0 saturated carbocycles. The zero-order valence-electron chi connectivity index (χ0n) is 11.6. The average molecular weight is 263 g/mol. The summed E-state index contributed by atoms with van der Waals surface area (Å²) < 4.78 is 0. The molecule has 5 heteroatoms. The molecule has 0 aliphatic rings. The van der Waals surface area contributed by atoms with E-state index >= 15 is 0 Å². The average Bonchev–Trinajstić information content (AvgIpc) is 2.33. The largest absolute Gasteiger partial charge is 0.397 e. The first kappa shape index (κ1) is 15.0. The number of hydrogen-bond donors (Lipinski definition) is 3. The standard InChI is InChI=1S/C14H21N3O2/c1-9(2)6-7-16-13(18)14(19)17-12-8-10(3)4-5-11(12)15/h4-5,8-9H,6-7,15H2,1-3H3,(H,16,18)(H,17,19). The molecule has 1 aromatic rings. The number of benzene rings is 1. The second-order valence-electron chi connectivity index (χ2n) is 4.98. The van der Waals surface area contributed by atoms with Gasteiger partial charge in [0.15, 0.2) is 0 Å². The zero-order valence-corrected chi connectivity index (χ0v) is 11.6. The van der Waals surface area contributed by atoms with Crippen LogP contribution < -0.4 is 16.4 Å². The van der Waals surface area contributed by atoms with Gasteiger partial charge in [0.25, 0.3) is 0 Å². The smallest absolute Gasteiger partial charge is 0.313 e. The van der Waals surface area contributed by atoms with E-state index in [-0.39, 0.29) is 0 Å². The number of hydrogen-bond acceptors (Lipinski definition) is 3. The number of nitrogens with two attached hydrogens (primary N) is 1. The number of aryl methyl sites for hydroxylation is 1. The number of carbonyl (C=O) groups excluding carboxylic acids is 2. The van der Waals surface area contributed by atoms with E-state index in [0.29, 0.717) is 23.8 Å². The van der Waals surface area contributed by atoms with E-state index in [9.17, 15) is 9.59 Å². The fourth-order valence-corrected chi connectivity index (χ4v) is 1.51. The van der Waals surface area contributed by atoms with Crippen molar-refractivity contribution in [1.82, 2.24) is 5.32 Å². The molecule has 0 aliphatic heterocycles.